The van der Waals surface area contributed by atoms with Crippen molar-refractivity contribution in [1.29, 1.82) is 0 Å². The zero-order chi connectivity index (χ0) is 16.6. The van der Waals surface area contributed by atoms with Crippen LogP contribution in [0.1, 0.15) is 36.8 Å². The van der Waals surface area contributed by atoms with Gasteiger partial charge in [0.1, 0.15) is 0 Å². The molecule has 6 heteroatoms. The first kappa shape index (κ1) is 16.7. The summed E-state index contributed by atoms with van der Waals surface area (Å²) >= 11 is 1.52. The number of nitrogens with one attached hydrogen (secondary N) is 1. The first-order chi connectivity index (χ1) is 10.8. The topological polar surface area (TPSA) is 29.1 Å². The number of hydrogen-bond acceptors (Lipinski definition) is 2. The fourth-order valence-electron chi connectivity index (χ4n) is 3.39. The van der Waals surface area contributed by atoms with Gasteiger partial charge in [0.15, 0.2) is 0 Å². The molecule has 1 N–H and O–H groups in total. The van der Waals surface area contributed by atoms with Crippen molar-refractivity contribution in [3.05, 3.63) is 29.3 Å². The number of carbonyl (C=O) groups excluding carboxylic acids is 1. The smallest absolute Gasteiger partial charge is 0.352 e. The van der Waals surface area contributed by atoms with E-state index in [9.17, 15) is 18.0 Å². The first-order valence-electron chi connectivity index (χ1n) is 7.96. The van der Waals surface area contributed by atoms with E-state index in [1.165, 1.54) is 11.8 Å². The monoisotopic (exact) mass is 343 g/mol. The van der Waals surface area contributed by atoms with Gasteiger partial charge in [0, 0.05) is 10.9 Å². The summed E-state index contributed by atoms with van der Waals surface area (Å²) in [4.78, 5) is 13.5. The minimum absolute atomic E-state index is 0.0126. The molecule has 1 aromatic rings. The van der Waals surface area contributed by atoms with Crippen molar-refractivity contribution in [2.75, 3.05) is 0 Å². The quantitative estimate of drug-likeness (QED) is 0.870. The highest BCUT2D eigenvalue weighted by atomic mass is 32.2. The summed E-state index contributed by atoms with van der Waals surface area (Å²) < 4.78 is 38.6. The molecule has 2 nitrogen and oxygen atoms in total. The summed E-state index contributed by atoms with van der Waals surface area (Å²) in [5, 5.41) is 2.63. The summed E-state index contributed by atoms with van der Waals surface area (Å²) in [7, 11) is 0. The second-order valence-corrected chi connectivity index (χ2v) is 7.78. The zero-order valence-electron chi connectivity index (χ0n) is 13.0. The Balaban J connectivity index is 1.58. The number of alkyl halides is 3. The van der Waals surface area contributed by atoms with Crippen LogP contribution in [0.5, 0.6) is 0 Å². The molecule has 3 atom stereocenters. The number of fused-ring (bicyclic) bond motifs is 1. The maximum Gasteiger partial charge on any atom is 0.391 e. The SMILES string of the molecule is Cc1ccc2c(c1)SC(C(=O)NC1CCCC(C(F)(F)F)C1)C2. The van der Waals surface area contributed by atoms with Gasteiger partial charge in [0.05, 0.1) is 11.2 Å². The van der Waals surface area contributed by atoms with Crippen molar-refractivity contribution in [2.24, 2.45) is 5.92 Å². The van der Waals surface area contributed by atoms with E-state index in [-0.39, 0.29) is 30.0 Å². The largest absolute Gasteiger partial charge is 0.391 e. The molecule has 0 aromatic heterocycles. The number of amides is 1. The number of carbonyl (C=O) groups is 1. The molecule has 0 radical (unpaired) electrons. The Hall–Kier alpha value is -1.17. The Labute approximate surface area is 138 Å². The van der Waals surface area contributed by atoms with E-state index in [4.69, 9.17) is 0 Å². The third kappa shape index (κ3) is 3.84. The van der Waals surface area contributed by atoms with Crippen LogP contribution < -0.4 is 5.32 Å². The Bertz CT molecular complexity index is 602. The lowest BCUT2D eigenvalue weighted by molar-refractivity contribution is -0.184. The molecule has 1 amide bonds. The summed E-state index contributed by atoms with van der Waals surface area (Å²) in [5.41, 5.74) is 2.30. The number of aryl methyl sites for hydroxylation is 1. The van der Waals surface area contributed by atoms with Crippen molar-refractivity contribution in [1.82, 2.24) is 5.32 Å². The highest BCUT2D eigenvalue weighted by Crippen LogP contribution is 2.39. The maximum absolute atomic E-state index is 12.9. The van der Waals surface area contributed by atoms with Gasteiger partial charge in [-0.05, 0) is 44.2 Å². The fraction of sp³-hybridized carbons (Fsp3) is 0.588. The third-order valence-corrected chi connectivity index (χ3v) is 5.97. The summed E-state index contributed by atoms with van der Waals surface area (Å²) in [6.07, 6.45) is -2.15. The molecular weight excluding hydrogens is 323 g/mol. The maximum atomic E-state index is 12.9. The molecule has 2 aliphatic rings. The Kier molecular flexibility index (Phi) is 4.63. The predicted octanol–water partition coefficient (Wildman–Crippen LogP) is 4.25. The first-order valence-corrected chi connectivity index (χ1v) is 8.84. The average Bonchev–Trinajstić information content (AvgIpc) is 2.90. The van der Waals surface area contributed by atoms with Crippen molar-refractivity contribution in [3.8, 4) is 0 Å². The van der Waals surface area contributed by atoms with E-state index in [0.717, 1.165) is 16.0 Å². The third-order valence-electron chi connectivity index (χ3n) is 4.67. The Morgan fingerprint density at radius 2 is 2.09 bits per heavy atom. The number of rotatable bonds is 2. The van der Waals surface area contributed by atoms with E-state index < -0.39 is 12.1 Å². The molecule has 3 rings (SSSR count). The zero-order valence-corrected chi connectivity index (χ0v) is 13.8. The summed E-state index contributed by atoms with van der Waals surface area (Å²) in [6, 6.07) is 5.77. The van der Waals surface area contributed by atoms with E-state index in [2.05, 4.69) is 11.4 Å². The van der Waals surface area contributed by atoms with Gasteiger partial charge in [0.2, 0.25) is 5.91 Å². The Morgan fingerprint density at radius 1 is 1.30 bits per heavy atom. The van der Waals surface area contributed by atoms with Crippen LogP contribution in [0.2, 0.25) is 0 Å². The van der Waals surface area contributed by atoms with E-state index in [1.54, 1.807) is 0 Å². The van der Waals surface area contributed by atoms with Crippen molar-refractivity contribution in [3.63, 3.8) is 0 Å². The number of benzene rings is 1. The van der Waals surface area contributed by atoms with E-state index >= 15 is 0 Å². The standard InChI is InChI=1S/C17H20F3NOS/c1-10-5-6-11-8-15(23-14(11)7-10)16(22)21-13-4-2-3-12(9-13)17(18,19)20/h5-7,12-13,15H,2-4,8-9H2,1H3,(H,21,22). The average molecular weight is 343 g/mol. The molecule has 1 aliphatic carbocycles. The summed E-state index contributed by atoms with van der Waals surface area (Å²) in [5.74, 6) is -1.41. The van der Waals surface area contributed by atoms with Gasteiger partial charge in [-0.15, -0.1) is 11.8 Å². The van der Waals surface area contributed by atoms with Gasteiger partial charge < -0.3 is 5.32 Å². The van der Waals surface area contributed by atoms with Crippen LogP contribution in [-0.2, 0) is 11.2 Å². The van der Waals surface area contributed by atoms with Gasteiger partial charge in [0.25, 0.3) is 0 Å². The van der Waals surface area contributed by atoms with Crippen molar-refractivity contribution < 1.29 is 18.0 Å². The van der Waals surface area contributed by atoms with Crippen LogP contribution in [0.25, 0.3) is 0 Å². The number of halogens is 3. The minimum atomic E-state index is -4.15. The molecule has 23 heavy (non-hydrogen) atoms. The lowest BCUT2D eigenvalue weighted by Gasteiger charge is -2.31. The molecule has 0 spiro atoms. The molecule has 126 valence electrons. The van der Waals surface area contributed by atoms with Crippen LogP contribution in [0.4, 0.5) is 13.2 Å². The number of hydrogen-bond donors (Lipinski definition) is 1. The molecule has 1 aliphatic heterocycles. The van der Waals surface area contributed by atoms with Crippen molar-refractivity contribution >= 4 is 17.7 Å². The molecule has 1 heterocycles. The lowest BCUT2D eigenvalue weighted by atomic mass is 9.85. The number of thioether (sulfide) groups is 1. The normalized spacial score (nSPS) is 27.6. The molecule has 1 saturated carbocycles. The molecule has 0 bridgehead atoms. The highest BCUT2D eigenvalue weighted by molar-refractivity contribution is 8.01. The minimum Gasteiger partial charge on any atom is -0.352 e. The molecular formula is C17H20F3NOS. The van der Waals surface area contributed by atoms with Gasteiger partial charge in [-0.1, -0.05) is 24.1 Å². The second kappa shape index (κ2) is 6.38. The van der Waals surface area contributed by atoms with Gasteiger partial charge in [-0.3, -0.25) is 4.79 Å². The van der Waals surface area contributed by atoms with Crippen LogP contribution in [0.15, 0.2) is 23.1 Å². The van der Waals surface area contributed by atoms with Crippen LogP contribution in [0, 0.1) is 12.8 Å². The molecule has 0 saturated heterocycles. The van der Waals surface area contributed by atoms with Crippen LogP contribution in [-0.4, -0.2) is 23.4 Å². The van der Waals surface area contributed by atoms with Gasteiger partial charge >= 0.3 is 6.18 Å². The van der Waals surface area contributed by atoms with Crippen LogP contribution in [0.3, 0.4) is 0 Å². The fourth-order valence-corrected chi connectivity index (χ4v) is 4.69. The van der Waals surface area contributed by atoms with E-state index in [0.29, 0.717) is 19.3 Å². The second-order valence-electron chi connectivity index (χ2n) is 6.53. The molecule has 3 unspecified atom stereocenters. The molecule has 1 fully saturated rings. The lowest BCUT2D eigenvalue weighted by Crippen LogP contribution is -2.44. The summed E-state index contributed by atoms with van der Waals surface area (Å²) in [6.45, 7) is 2.01. The molecule has 1 aromatic carbocycles. The van der Waals surface area contributed by atoms with E-state index in [1.807, 2.05) is 19.1 Å². The van der Waals surface area contributed by atoms with Crippen LogP contribution >= 0.6 is 11.8 Å². The van der Waals surface area contributed by atoms with Gasteiger partial charge in [-0.25, -0.2) is 0 Å². The van der Waals surface area contributed by atoms with Crippen molar-refractivity contribution in [2.45, 2.75) is 61.4 Å². The highest BCUT2D eigenvalue weighted by Gasteiger charge is 2.42. The Morgan fingerprint density at radius 3 is 2.83 bits per heavy atom. The van der Waals surface area contributed by atoms with Gasteiger partial charge in [-0.2, -0.15) is 13.2 Å². The predicted molar refractivity (Wildman–Crippen MR) is 84.5 cm³/mol.